The van der Waals surface area contributed by atoms with Gasteiger partial charge in [0.25, 0.3) is 5.78 Å². The van der Waals surface area contributed by atoms with Crippen molar-refractivity contribution in [1.82, 2.24) is 19.6 Å². The Hall–Kier alpha value is -1.75. The van der Waals surface area contributed by atoms with Crippen LogP contribution in [0.25, 0.3) is 17.2 Å². The number of aromatic nitrogens is 4. The molecule has 0 unspecified atom stereocenters. The van der Waals surface area contributed by atoms with Gasteiger partial charge in [-0.05, 0) is 18.2 Å². The highest BCUT2D eigenvalue weighted by Crippen LogP contribution is 2.19. The molecule has 0 aliphatic heterocycles. The number of fused-ring (bicyclic) bond motifs is 1. The van der Waals surface area contributed by atoms with Gasteiger partial charge in [0, 0.05) is 22.4 Å². The van der Waals surface area contributed by atoms with Gasteiger partial charge in [-0.3, -0.25) is 0 Å². The van der Waals surface area contributed by atoms with Gasteiger partial charge >= 0.3 is 0 Å². The summed E-state index contributed by atoms with van der Waals surface area (Å²) in [5.41, 5.74) is 0.972. The summed E-state index contributed by atoms with van der Waals surface area (Å²) in [7, 11) is 0. The van der Waals surface area contributed by atoms with Gasteiger partial charge in [-0.25, -0.2) is 9.50 Å². The van der Waals surface area contributed by atoms with E-state index in [1.54, 1.807) is 10.7 Å². The van der Waals surface area contributed by atoms with Crippen LogP contribution >= 0.6 is 15.9 Å². The van der Waals surface area contributed by atoms with Crippen LogP contribution in [-0.2, 0) is 0 Å². The van der Waals surface area contributed by atoms with Gasteiger partial charge in [-0.15, -0.1) is 5.10 Å². The molecule has 4 nitrogen and oxygen atoms in total. The molecule has 0 radical (unpaired) electrons. The van der Waals surface area contributed by atoms with Crippen LogP contribution in [0, 0.1) is 0 Å². The molecule has 78 valence electrons. The van der Waals surface area contributed by atoms with E-state index in [9.17, 15) is 0 Å². The molecule has 0 amide bonds. The molecule has 0 fully saturated rings. The van der Waals surface area contributed by atoms with E-state index in [2.05, 4.69) is 31.0 Å². The number of halogens is 1. The van der Waals surface area contributed by atoms with Crippen LogP contribution in [0.5, 0.6) is 0 Å². The molecule has 5 heteroatoms. The van der Waals surface area contributed by atoms with Gasteiger partial charge in [0.05, 0.1) is 0 Å². The van der Waals surface area contributed by atoms with Crippen LogP contribution in [-0.4, -0.2) is 19.6 Å². The highest BCUT2D eigenvalue weighted by Gasteiger charge is 2.06. The van der Waals surface area contributed by atoms with Crippen LogP contribution in [0.1, 0.15) is 0 Å². The molecule has 0 saturated heterocycles. The van der Waals surface area contributed by atoms with E-state index < -0.39 is 0 Å². The van der Waals surface area contributed by atoms with Gasteiger partial charge in [0.2, 0.25) is 0 Å². The summed E-state index contributed by atoms with van der Waals surface area (Å²) >= 11 is 3.43. The first-order valence-electron chi connectivity index (χ1n) is 4.76. The quantitative estimate of drug-likeness (QED) is 0.685. The van der Waals surface area contributed by atoms with Crippen LogP contribution in [0.2, 0.25) is 0 Å². The summed E-state index contributed by atoms with van der Waals surface area (Å²) in [6, 6.07) is 9.71. The first-order chi connectivity index (χ1) is 7.83. The Morgan fingerprint density at radius 2 is 2.12 bits per heavy atom. The second-order valence-corrected chi connectivity index (χ2v) is 4.23. The minimum Gasteiger partial charge on any atom is -0.220 e. The lowest BCUT2D eigenvalue weighted by atomic mass is 10.2. The van der Waals surface area contributed by atoms with Crippen molar-refractivity contribution in [3.8, 4) is 11.4 Å². The van der Waals surface area contributed by atoms with Crippen molar-refractivity contribution in [3.05, 3.63) is 47.2 Å². The zero-order valence-corrected chi connectivity index (χ0v) is 9.79. The molecule has 3 aromatic rings. The third-order valence-electron chi connectivity index (χ3n) is 2.20. The van der Waals surface area contributed by atoms with Crippen molar-refractivity contribution < 1.29 is 0 Å². The zero-order chi connectivity index (χ0) is 11.0. The fourth-order valence-corrected chi connectivity index (χ4v) is 1.88. The Morgan fingerprint density at radius 1 is 1.19 bits per heavy atom. The standard InChI is InChI=1S/C11H7BrN4/c12-9-4-1-3-8(7-9)10-14-11-13-5-2-6-16(11)15-10/h1-7H. The Bertz CT molecular complexity index is 614. The number of benzene rings is 1. The van der Waals surface area contributed by atoms with Crippen molar-refractivity contribution in [2.45, 2.75) is 0 Å². The molecule has 0 aliphatic carbocycles. The highest BCUT2D eigenvalue weighted by molar-refractivity contribution is 9.10. The van der Waals surface area contributed by atoms with Gasteiger partial charge < -0.3 is 0 Å². The molecule has 2 aromatic heterocycles. The molecule has 0 spiro atoms. The normalized spacial score (nSPS) is 10.8. The van der Waals surface area contributed by atoms with E-state index in [-0.39, 0.29) is 0 Å². The largest absolute Gasteiger partial charge is 0.252 e. The summed E-state index contributed by atoms with van der Waals surface area (Å²) in [5.74, 6) is 1.29. The molecular formula is C11H7BrN4. The molecule has 0 N–H and O–H groups in total. The highest BCUT2D eigenvalue weighted by atomic mass is 79.9. The Morgan fingerprint density at radius 3 is 2.94 bits per heavy atom. The van der Waals surface area contributed by atoms with Gasteiger partial charge in [-0.1, -0.05) is 28.1 Å². The fraction of sp³-hybridized carbons (Fsp3) is 0. The van der Waals surface area contributed by atoms with Crippen LogP contribution in [0.3, 0.4) is 0 Å². The van der Waals surface area contributed by atoms with Gasteiger partial charge in [0.1, 0.15) is 0 Å². The van der Waals surface area contributed by atoms with Crippen LogP contribution < -0.4 is 0 Å². The van der Waals surface area contributed by atoms with Crippen molar-refractivity contribution in [2.24, 2.45) is 0 Å². The molecule has 0 saturated carbocycles. The zero-order valence-electron chi connectivity index (χ0n) is 8.21. The second kappa shape index (κ2) is 3.68. The smallest absolute Gasteiger partial charge is 0.220 e. The summed E-state index contributed by atoms with van der Waals surface area (Å²) in [6.07, 6.45) is 3.53. The number of rotatable bonds is 1. The lowest BCUT2D eigenvalue weighted by Crippen LogP contribution is -1.87. The lowest BCUT2D eigenvalue weighted by molar-refractivity contribution is 0.942. The predicted molar refractivity (Wildman–Crippen MR) is 63.9 cm³/mol. The molecule has 16 heavy (non-hydrogen) atoms. The number of hydrogen-bond acceptors (Lipinski definition) is 3. The summed E-state index contributed by atoms with van der Waals surface area (Å²) in [5, 5.41) is 4.35. The predicted octanol–water partition coefficient (Wildman–Crippen LogP) is 2.55. The van der Waals surface area contributed by atoms with E-state index in [0.29, 0.717) is 11.6 Å². The molecule has 0 aliphatic rings. The molecule has 1 aromatic carbocycles. The SMILES string of the molecule is Brc1cccc(-c2nc3ncccn3n2)c1. The van der Waals surface area contributed by atoms with E-state index in [0.717, 1.165) is 10.0 Å². The maximum Gasteiger partial charge on any atom is 0.252 e. The average Bonchev–Trinajstić information content (AvgIpc) is 2.72. The number of hydrogen-bond donors (Lipinski definition) is 0. The topological polar surface area (TPSA) is 43.1 Å². The maximum atomic E-state index is 4.35. The first-order valence-corrected chi connectivity index (χ1v) is 5.55. The molecule has 0 atom stereocenters. The van der Waals surface area contributed by atoms with E-state index in [1.165, 1.54) is 0 Å². The lowest BCUT2D eigenvalue weighted by Gasteiger charge is -1.94. The summed E-state index contributed by atoms with van der Waals surface area (Å²) in [4.78, 5) is 8.47. The van der Waals surface area contributed by atoms with Crippen molar-refractivity contribution in [3.63, 3.8) is 0 Å². The molecule has 2 heterocycles. The third kappa shape index (κ3) is 1.59. The van der Waals surface area contributed by atoms with E-state index >= 15 is 0 Å². The van der Waals surface area contributed by atoms with Crippen LogP contribution in [0.15, 0.2) is 47.2 Å². The maximum absolute atomic E-state index is 4.35. The summed E-state index contributed by atoms with van der Waals surface area (Å²) < 4.78 is 2.67. The van der Waals surface area contributed by atoms with Crippen LogP contribution in [0.4, 0.5) is 0 Å². The Balaban J connectivity index is 2.19. The minimum atomic E-state index is 0.609. The monoisotopic (exact) mass is 274 g/mol. The first kappa shape index (κ1) is 9.47. The molecule has 0 bridgehead atoms. The van der Waals surface area contributed by atoms with E-state index in [4.69, 9.17) is 0 Å². The molecular weight excluding hydrogens is 268 g/mol. The Labute approximate surface area is 100 Å². The van der Waals surface area contributed by atoms with Gasteiger partial charge in [-0.2, -0.15) is 4.98 Å². The minimum absolute atomic E-state index is 0.609. The molecule has 3 rings (SSSR count). The van der Waals surface area contributed by atoms with Crippen molar-refractivity contribution in [1.29, 1.82) is 0 Å². The van der Waals surface area contributed by atoms with E-state index in [1.807, 2.05) is 36.5 Å². The van der Waals surface area contributed by atoms with Crippen molar-refractivity contribution >= 4 is 21.7 Å². The Kier molecular flexibility index (Phi) is 2.18. The average molecular weight is 275 g/mol. The second-order valence-electron chi connectivity index (χ2n) is 3.31. The van der Waals surface area contributed by atoms with Gasteiger partial charge in [0.15, 0.2) is 5.82 Å². The third-order valence-corrected chi connectivity index (χ3v) is 2.69. The van der Waals surface area contributed by atoms with Crippen molar-refractivity contribution in [2.75, 3.05) is 0 Å². The summed E-state index contributed by atoms with van der Waals surface area (Å²) in [6.45, 7) is 0. The fourth-order valence-electron chi connectivity index (χ4n) is 1.48. The number of nitrogens with zero attached hydrogens (tertiary/aromatic N) is 4.